The quantitative estimate of drug-likeness (QED) is 0.864. The third kappa shape index (κ3) is 3.04. The van der Waals surface area contributed by atoms with Crippen LogP contribution in [0.3, 0.4) is 0 Å². The molecule has 1 heterocycles. The van der Waals surface area contributed by atoms with Crippen molar-refractivity contribution in [2.75, 3.05) is 26.0 Å². The summed E-state index contributed by atoms with van der Waals surface area (Å²) in [6.07, 6.45) is 5.76. The first-order chi connectivity index (χ1) is 9.06. The number of aliphatic hydroxyl groups is 1. The number of hydrogen-bond donors (Lipinski definition) is 2. The Labute approximate surface area is 113 Å². The SMILES string of the molecule is CN(C)C(=O)c1ccc(NC2(CO)CCCC2)nc1. The van der Waals surface area contributed by atoms with Gasteiger partial charge in [-0.05, 0) is 25.0 Å². The summed E-state index contributed by atoms with van der Waals surface area (Å²) in [5.74, 6) is 0.656. The highest BCUT2D eigenvalue weighted by Gasteiger charge is 2.33. The lowest BCUT2D eigenvalue weighted by Crippen LogP contribution is -2.39. The Balaban J connectivity index is 2.08. The number of nitrogens with one attached hydrogen (secondary N) is 1. The lowest BCUT2D eigenvalue weighted by atomic mass is 9.99. The predicted molar refractivity (Wildman–Crippen MR) is 74.2 cm³/mol. The fraction of sp³-hybridized carbons (Fsp3) is 0.571. The summed E-state index contributed by atoms with van der Waals surface area (Å²) < 4.78 is 0. The molecule has 0 saturated heterocycles. The van der Waals surface area contributed by atoms with Crippen LogP contribution in [0.15, 0.2) is 18.3 Å². The Bertz CT molecular complexity index is 437. The third-order valence-corrected chi connectivity index (χ3v) is 3.67. The first-order valence-corrected chi connectivity index (χ1v) is 6.63. The number of aromatic nitrogens is 1. The highest BCUT2D eigenvalue weighted by molar-refractivity contribution is 5.93. The fourth-order valence-corrected chi connectivity index (χ4v) is 2.50. The monoisotopic (exact) mass is 263 g/mol. The minimum Gasteiger partial charge on any atom is -0.394 e. The molecule has 104 valence electrons. The molecule has 2 rings (SSSR count). The van der Waals surface area contributed by atoms with Crippen molar-refractivity contribution in [1.82, 2.24) is 9.88 Å². The second kappa shape index (κ2) is 5.57. The molecule has 1 amide bonds. The van der Waals surface area contributed by atoms with Crippen molar-refractivity contribution in [1.29, 1.82) is 0 Å². The normalized spacial score (nSPS) is 17.2. The van der Waals surface area contributed by atoms with Gasteiger partial charge in [-0.2, -0.15) is 0 Å². The van der Waals surface area contributed by atoms with Gasteiger partial charge in [-0.15, -0.1) is 0 Å². The second-order valence-electron chi connectivity index (χ2n) is 5.40. The smallest absolute Gasteiger partial charge is 0.254 e. The maximum absolute atomic E-state index is 11.7. The molecule has 0 aromatic carbocycles. The summed E-state index contributed by atoms with van der Waals surface area (Å²) in [4.78, 5) is 17.5. The van der Waals surface area contributed by atoms with Crippen molar-refractivity contribution in [3.63, 3.8) is 0 Å². The lowest BCUT2D eigenvalue weighted by molar-refractivity contribution is 0.0827. The number of nitrogens with zero attached hydrogens (tertiary/aromatic N) is 2. The molecule has 1 fully saturated rings. The van der Waals surface area contributed by atoms with Crippen molar-refractivity contribution in [3.8, 4) is 0 Å². The van der Waals surface area contributed by atoms with Gasteiger partial charge in [0, 0.05) is 20.3 Å². The molecule has 1 aliphatic rings. The third-order valence-electron chi connectivity index (χ3n) is 3.67. The topological polar surface area (TPSA) is 65.5 Å². The first-order valence-electron chi connectivity index (χ1n) is 6.63. The molecule has 2 N–H and O–H groups in total. The zero-order valence-electron chi connectivity index (χ0n) is 11.5. The van der Waals surface area contributed by atoms with E-state index in [-0.39, 0.29) is 18.1 Å². The van der Waals surface area contributed by atoms with E-state index in [0.717, 1.165) is 25.7 Å². The maximum Gasteiger partial charge on any atom is 0.254 e. The van der Waals surface area contributed by atoms with Crippen molar-refractivity contribution >= 4 is 11.7 Å². The zero-order valence-corrected chi connectivity index (χ0v) is 11.5. The minimum absolute atomic E-state index is 0.0585. The molecule has 5 heteroatoms. The Morgan fingerprint density at radius 2 is 2.11 bits per heavy atom. The molecule has 0 spiro atoms. The van der Waals surface area contributed by atoms with Crippen LogP contribution in [0, 0.1) is 0 Å². The van der Waals surface area contributed by atoms with Gasteiger partial charge in [-0.1, -0.05) is 12.8 Å². The molecule has 0 atom stereocenters. The van der Waals surface area contributed by atoms with E-state index in [9.17, 15) is 9.90 Å². The lowest BCUT2D eigenvalue weighted by Gasteiger charge is -2.28. The van der Waals surface area contributed by atoms with Crippen LogP contribution in [-0.4, -0.2) is 47.1 Å². The van der Waals surface area contributed by atoms with Gasteiger partial charge in [0.05, 0.1) is 17.7 Å². The molecule has 0 aliphatic heterocycles. The minimum atomic E-state index is -0.236. The number of carbonyl (C=O) groups is 1. The largest absolute Gasteiger partial charge is 0.394 e. The number of pyridine rings is 1. The number of aliphatic hydroxyl groups excluding tert-OH is 1. The summed E-state index contributed by atoms with van der Waals surface area (Å²) in [7, 11) is 3.43. The van der Waals surface area contributed by atoms with Gasteiger partial charge in [0.25, 0.3) is 5.91 Å². The van der Waals surface area contributed by atoms with Crippen molar-refractivity contribution in [3.05, 3.63) is 23.9 Å². The number of rotatable bonds is 4. The van der Waals surface area contributed by atoms with Crippen LogP contribution in [0.5, 0.6) is 0 Å². The van der Waals surface area contributed by atoms with Gasteiger partial charge in [0.2, 0.25) is 0 Å². The van der Waals surface area contributed by atoms with Crippen molar-refractivity contribution in [2.24, 2.45) is 0 Å². The standard InChI is InChI=1S/C14H21N3O2/c1-17(2)13(19)11-5-6-12(15-9-11)16-14(10-18)7-3-4-8-14/h5-6,9,18H,3-4,7-8,10H2,1-2H3,(H,15,16). The molecular formula is C14H21N3O2. The summed E-state index contributed by atoms with van der Waals surface area (Å²) in [6.45, 7) is 0.118. The molecule has 0 unspecified atom stereocenters. The van der Waals surface area contributed by atoms with Crippen molar-refractivity contribution < 1.29 is 9.90 Å². The Hall–Kier alpha value is -1.62. The molecule has 1 saturated carbocycles. The van der Waals surface area contributed by atoms with Crippen LogP contribution in [0.2, 0.25) is 0 Å². The highest BCUT2D eigenvalue weighted by Crippen LogP contribution is 2.32. The van der Waals surface area contributed by atoms with Gasteiger partial charge in [-0.3, -0.25) is 4.79 Å². The van der Waals surface area contributed by atoms with Gasteiger partial charge in [0.1, 0.15) is 5.82 Å². The number of hydrogen-bond acceptors (Lipinski definition) is 4. The van der Waals surface area contributed by atoms with E-state index in [4.69, 9.17) is 0 Å². The van der Waals surface area contributed by atoms with E-state index in [2.05, 4.69) is 10.3 Å². The van der Waals surface area contributed by atoms with Crippen LogP contribution in [0.4, 0.5) is 5.82 Å². The summed E-state index contributed by atoms with van der Waals surface area (Å²) in [5, 5.41) is 12.9. The molecule has 5 nitrogen and oxygen atoms in total. The van der Waals surface area contributed by atoms with Gasteiger partial charge >= 0.3 is 0 Å². The summed E-state index contributed by atoms with van der Waals surface area (Å²) >= 11 is 0. The average Bonchev–Trinajstić information content (AvgIpc) is 2.88. The van der Waals surface area contributed by atoms with E-state index in [1.165, 1.54) is 4.90 Å². The van der Waals surface area contributed by atoms with Crippen LogP contribution >= 0.6 is 0 Å². The second-order valence-corrected chi connectivity index (χ2v) is 5.40. The number of anilines is 1. The fourth-order valence-electron chi connectivity index (χ4n) is 2.50. The predicted octanol–water partition coefficient (Wildman–Crippen LogP) is 1.50. The van der Waals surface area contributed by atoms with Crippen LogP contribution < -0.4 is 5.32 Å². The Kier molecular flexibility index (Phi) is 4.04. The molecule has 1 aromatic rings. The molecule has 1 aliphatic carbocycles. The summed E-state index contributed by atoms with van der Waals surface area (Å²) in [6, 6.07) is 3.56. The van der Waals surface area contributed by atoms with Crippen LogP contribution in [0.1, 0.15) is 36.0 Å². The van der Waals surface area contributed by atoms with Crippen LogP contribution in [0.25, 0.3) is 0 Å². The molecule has 19 heavy (non-hydrogen) atoms. The average molecular weight is 263 g/mol. The van der Waals surface area contributed by atoms with E-state index in [1.807, 2.05) is 0 Å². The van der Waals surface area contributed by atoms with E-state index >= 15 is 0 Å². The Morgan fingerprint density at radius 1 is 1.42 bits per heavy atom. The summed E-state index contributed by atoms with van der Waals surface area (Å²) in [5.41, 5.74) is 0.333. The number of amides is 1. The molecule has 0 bridgehead atoms. The van der Waals surface area contributed by atoms with E-state index in [1.54, 1.807) is 32.4 Å². The first kappa shape index (κ1) is 13.8. The molecular weight excluding hydrogens is 242 g/mol. The molecule has 1 aromatic heterocycles. The van der Waals surface area contributed by atoms with Crippen LogP contribution in [-0.2, 0) is 0 Å². The maximum atomic E-state index is 11.7. The van der Waals surface area contributed by atoms with Gasteiger partial charge < -0.3 is 15.3 Å². The van der Waals surface area contributed by atoms with E-state index in [0.29, 0.717) is 11.4 Å². The zero-order chi connectivity index (χ0) is 13.9. The van der Waals surface area contributed by atoms with E-state index < -0.39 is 0 Å². The van der Waals surface area contributed by atoms with Crippen molar-refractivity contribution in [2.45, 2.75) is 31.2 Å². The van der Waals surface area contributed by atoms with Gasteiger partial charge in [-0.25, -0.2) is 4.98 Å². The Morgan fingerprint density at radius 3 is 2.58 bits per heavy atom. The molecule has 0 radical (unpaired) electrons. The van der Waals surface area contributed by atoms with Gasteiger partial charge in [0.15, 0.2) is 0 Å². The number of carbonyl (C=O) groups excluding carboxylic acids is 1. The highest BCUT2D eigenvalue weighted by atomic mass is 16.3.